The summed E-state index contributed by atoms with van der Waals surface area (Å²) in [4.78, 5) is 26.9. The zero-order chi connectivity index (χ0) is 17.5. The molecule has 0 N–H and O–H groups in total. The fourth-order valence-corrected chi connectivity index (χ4v) is 3.21. The molecule has 130 valence electrons. The van der Waals surface area contributed by atoms with Crippen LogP contribution in [0.1, 0.15) is 36.0 Å². The van der Waals surface area contributed by atoms with Crippen LogP contribution in [0.3, 0.4) is 0 Å². The largest absolute Gasteiger partial charge is 0.494 e. The number of nitrogens with zero attached hydrogens (tertiary/aromatic N) is 1. The van der Waals surface area contributed by atoms with Crippen LogP contribution in [-0.2, 0) is 4.79 Å². The van der Waals surface area contributed by atoms with Crippen molar-refractivity contribution in [1.82, 2.24) is 4.90 Å². The van der Waals surface area contributed by atoms with Gasteiger partial charge in [-0.25, -0.2) is 0 Å². The Labute approximate surface area is 148 Å². The molecule has 0 radical (unpaired) electrons. The van der Waals surface area contributed by atoms with E-state index in [0.29, 0.717) is 31.6 Å². The highest BCUT2D eigenvalue weighted by Gasteiger charge is 2.33. The van der Waals surface area contributed by atoms with Crippen molar-refractivity contribution >= 4 is 11.7 Å². The van der Waals surface area contributed by atoms with Crippen LogP contribution < -0.4 is 4.74 Å². The van der Waals surface area contributed by atoms with Crippen LogP contribution in [0, 0.1) is 0 Å². The Bertz CT molecular complexity index is 700. The summed E-state index contributed by atoms with van der Waals surface area (Å²) in [5, 5.41) is 0. The third-order valence-electron chi connectivity index (χ3n) is 4.48. The van der Waals surface area contributed by atoms with E-state index in [2.05, 4.69) is 0 Å². The van der Waals surface area contributed by atoms with Gasteiger partial charge in [-0.3, -0.25) is 9.59 Å². The number of hydrogen-bond donors (Lipinski definition) is 0. The number of hydrogen-bond acceptors (Lipinski definition) is 3. The normalized spacial score (nSPS) is 16.6. The summed E-state index contributed by atoms with van der Waals surface area (Å²) in [5.41, 5.74) is 0.680. The van der Waals surface area contributed by atoms with Gasteiger partial charge in [0.05, 0.1) is 12.6 Å². The zero-order valence-electron chi connectivity index (χ0n) is 14.3. The molecule has 1 amide bonds. The fourth-order valence-electron chi connectivity index (χ4n) is 3.21. The van der Waals surface area contributed by atoms with E-state index in [1.165, 1.54) is 0 Å². The Morgan fingerprint density at radius 3 is 2.40 bits per heavy atom. The number of para-hydroxylation sites is 1. The second kappa shape index (κ2) is 8.47. The van der Waals surface area contributed by atoms with Crippen molar-refractivity contribution in [3.63, 3.8) is 0 Å². The van der Waals surface area contributed by atoms with Crippen molar-refractivity contribution in [3.05, 3.63) is 66.2 Å². The van der Waals surface area contributed by atoms with Crippen LogP contribution in [-0.4, -0.2) is 35.8 Å². The molecule has 3 rings (SSSR count). The maximum absolute atomic E-state index is 12.7. The van der Waals surface area contributed by atoms with E-state index in [1.807, 2.05) is 60.7 Å². The molecule has 25 heavy (non-hydrogen) atoms. The van der Waals surface area contributed by atoms with E-state index in [9.17, 15) is 9.59 Å². The summed E-state index contributed by atoms with van der Waals surface area (Å²) in [6.45, 7) is 1.17. The third-order valence-corrected chi connectivity index (χ3v) is 4.48. The van der Waals surface area contributed by atoms with Gasteiger partial charge < -0.3 is 9.64 Å². The Hall–Kier alpha value is -2.62. The van der Waals surface area contributed by atoms with Crippen LogP contribution in [0.15, 0.2) is 60.7 Å². The molecule has 1 atom stereocenters. The SMILES string of the molecule is O=C(c1ccccc1)C1CCCN1C(=O)CCCOc1ccccc1. The summed E-state index contributed by atoms with van der Waals surface area (Å²) < 4.78 is 5.62. The van der Waals surface area contributed by atoms with E-state index in [0.717, 1.165) is 18.6 Å². The van der Waals surface area contributed by atoms with Crippen LogP contribution in [0.4, 0.5) is 0 Å². The van der Waals surface area contributed by atoms with Gasteiger partial charge in [-0.05, 0) is 31.4 Å². The summed E-state index contributed by atoms with van der Waals surface area (Å²) in [6.07, 6.45) is 2.69. The number of rotatable bonds is 7. The van der Waals surface area contributed by atoms with Crippen molar-refractivity contribution in [2.24, 2.45) is 0 Å². The fraction of sp³-hybridized carbons (Fsp3) is 0.333. The van der Waals surface area contributed by atoms with Gasteiger partial charge in [0.2, 0.25) is 5.91 Å². The number of carbonyl (C=O) groups excluding carboxylic acids is 2. The van der Waals surface area contributed by atoms with Gasteiger partial charge in [0, 0.05) is 18.5 Å². The predicted molar refractivity (Wildman–Crippen MR) is 96.7 cm³/mol. The minimum absolute atomic E-state index is 0.0449. The predicted octanol–water partition coefficient (Wildman–Crippen LogP) is 3.72. The molecule has 0 spiro atoms. The average molecular weight is 337 g/mol. The monoisotopic (exact) mass is 337 g/mol. The smallest absolute Gasteiger partial charge is 0.223 e. The summed E-state index contributed by atoms with van der Waals surface area (Å²) >= 11 is 0. The van der Waals surface area contributed by atoms with Crippen molar-refractivity contribution in [1.29, 1.82) is 0 Å². The van der Waals surface area contributed by atoms with E-state index in [-0.39, 0.29) is 17.7 Å². The van der Waals surface area contributed by atoms with Gasteiger partial charge in [-0.1, -0.05) is 48.5 Å². The van der Waals surface area contributed by atoms with Gasteiger partial charge in [0.1, 0.15) is 5.75 Å². The minimum Gasteiger partial charge on any atom is -0.494 e. The molecule has 1 aliphatic heterocycles. The Morgan fingerprint density at radius 1 is 1.00 bits per heavy atom. The van der Waals surface area contributed by atoms with E-state index in [4.69, 9.17) is 4.74 Å². The molecule has 4 heteroatoms. The molecule has 0 aliphatic carbocycles. The van der Waals surface area contributed by atoms with E-state index in [1.54, 1.807) is 4.90 Å². The lowest BCUT2D eigenvalue weighted by Gasteiger charge is -2.24. The molecule has 4 nitrogen and oxygen atoms in total. The number of likely N-dealkylation sites (tertiary alicyclic amines) is 1. The van der Waals surface area contributed by atoms with Crippen LogP contribution in [0.2, 0.25) is 0 Å². The zero-order valence-corrected chi connectivity index (χ0v) is 14.3. The quantitative estimate of drug-likeness (QED) is 0.571. The molecule has 0 saturated carbocycles. The summed E-state index contributed by atoms with van der Waals surface area (Å²) in [6, 6.07) is 18.5. The Morgan fingerprint density at radius 2 is 1.68 bits per heavy atom. The standard InChI is InChI=1S/C21H23NO3/c23-20(14-8-16-25-18-11-5-2-6-12-18)22-15-7-13-19(22)21(24)17-9-3-1-4-10-17/h1-6,9-12,19H,7-8,13-16H2. The summed E-state index contributed by atoms with van der Waals surface area (Å²) in [5.74, 6) is 0.906. The Balaban J connectivity index is 1.50. The maximum atomic E-state index is 12.7. The molecule has 1 heterocycles. The second-order valence-corrected chi connectivity index (χ2v) is 6.24. The summed E-state index contributed by atoms with van der Waals surface area (Å²) in [7, 11) is 0. The minimum atomic E-state index is -0.315. The van der Waals surface area contributed by atoms with Crippen molar-refractivity contribution in [2.75, 3.05) is 13.2 Å². The van der Waals surface area contributed by atoms with Gasteiger partial charge in [-0.15, -0.1) is 0 Å². The molecular formula is C21H23NO3. The first-order valence-electron chi connectivity index (χ1n) is 8.82. The molecule has 1 fully saturated rings. The first-order valence-corrected chi connectivity index (χ1v) is 8.82. The number of amides is 1. The highest BCUT2D eigenvalue weighted by atomic mass is 16.5. The molecule has 0 aromatic heterocycles. The second-order valence-electron chi connectivity index (χ2n) is 6.24. The van der Waals surface area contributed by atoms with Crippen LogP contribution in [0.25, 0.3) is 0 Å². The molecule has 1 saturated heterocycles. The van der Waals surface area contributed by atoms with Crippen LogP contribution in [0.5, 0.6) is 5.75 Å². The molecule has 2 aromatic rings. The number of benzene rings is 2. The first kappa shape index (κ1) is 17.2. The average Bonchev–Trinajstić information content (AvgIpc) is 3.16. The molecule has 2 aromatic carbocycles. The van der Waals surface area contributed by atoms with Gasteiger partial charge in [0.15, 0.2) is 5.78 Å². The molecular weight excluding hydrogens is 314 g/mol. The van der Waals surface area contributed by atoms with E-state index >= 15 is 0 Å². The number of ether oxygens (including phenoxy) is 1. The lowest BCUT2D eigenvalue weighted by atomic mass is 10.0. The van der Waals surface area contributed by atoms with Gasteiger partial charge >= 0.3 is 0 Å². The topological polar surface area (TPSA) is 46.6 Å². The number of carbonyl (C=O) groups is 2. The van der Waals surface area contributed by atoms with Crippen molar-refractivity contribution in [2.45, 2.75) is 31.7 Å². The Kier molecular flexibility index (Phi) is 5.83. The molecule has 0 bridgehead atoms. The third kappa shape index (κ3) is 4.47. The highest BCUT2D eigenvalue weighted by Crippen LogP contribution is 2.22. The molecule has 1 aliphatic rings. The van der Waals surface area contributed by atoms with Gasteiger partial charge in [-0.2, -0.15) is 0 Å². The van der Waals surface area contributed by atoms with Crippen molar-refractivity contribution in [3.8, 4) is 5.75 Å². The first-order chi connectivity index (χ1) is 12.3. The number of Topliss-reactive ketones (excluding diaryl/α,β-unsaturated/α-hetero) is 1. The van der Waals surface area contributed by atoms with E-state index < -0.39 is 0 Å². The molecule has 1 unspecified atom stereocenters. The number of ketones is 1. The van der Waals surface area contributed by atoms with Crippen LogP contribution >= 0.6 is 0 Å². The highest BCUT2D eigenvalue weighted by molar-refractivity contribution is 6.02. The maximum Gasteiger partial charge on any atom is 0.223 e. The lowest BCUT2D eigenvalue weighted by Crippen LogP contribution is -2.40. The van der Waals surface area contributed by atoms with Crippen molar-refractivity contribution < 1.29 is 14.3 Å². The lowest BCUT2D eigenvalue weighted by molar-refractivity contribution is -0.131. The van der Waals surface area contributed by atoms with Gasteiger partial charge in [0.25, 0.3) is 0 Å².